The van der Waals surface area contributed by atoms with Crippen LogP contribution in [-0.2, 0) is 16.1 Å². The van der Waals surface area contributed by atoms with Gasteiger partial charge in [0, 0.05) is 6.42 Å². The van der Waals surface area contributed by atoms with Crippen molar-refractivity contribution in [2.45, 2.75) is 32.5 Å². The van der Waals surface area contributed by atoms with E-state index in [4.69, 9.17) is 9.57 Å². The maximum atomic E-state index is 11.3. The fourth-order valence-corrected chi connectivity index (χ4v) is 2.01. The first kappa shape index (κ1) is 17.5. The summed E-state index contributed by atoms with van der Waals surface area (Å²) >= 11 is 0. The Hall–Kier alpha value is -2.82. The van der Waals surface area contributed by atoms with Gasteiger partial charge in [-0.3, -0.25) is 0 Å². The Kier molecular flexibility index (Phi) is 6.37. The van der Waals surface area contributed by atoms with E-state index in [2.05, 4.69) is 5.16 Å². The molecule has 0 aliphatic heterocycles. The summed E-state index contributed by atoms with van der Waals surface area (Å²) in [5.74, 6) is -0.781. The second-order valence-corrected chi connectivity index (χ2v) is 5.57. The molecule has 0 spiro atoms. The number of oxime groups is 1. The van der Waals surface area contributed by atoms with Crippen molar-refractivity contribution in [3.8, 4) is 5.75 Å². The van der Waals surface area contributed by atoms with Gasteiger partial charge in [-0.2, -0.15) is 0 Å². The number of ether oxygens (including phenoxy) is 1. The van der Waals surface area contributed by atoms with Crippen LogP contribution in [0.2, 0.25) is 0 Å². The molecule has 0 radical (unpaired) electrons. The number of benzene rings is 2. The second-order valence-electron chi connectivity index (χ2n) is 5.57. The molecule has 0 aliphatic carbocycles. The number of aliphatic carboxylic acids is 1. The van der Waals surface area contributed by atoms with E-state index in [0.717, 1.165) is 11.1 Å². The molecule has 24 heavy (non-hydrogen) atoms. The van der Waals surface area contributed by atoms with Gasteiger partial charge in [-0.1, -0.05) is 35.5 Å². The summed E-state index contributed by atoms with van der Waals surface area (Å²) in [6.07, 6.45) is 0.806. The number of rotatable bonds is 8. The number of carboxylic acids is 1. The van der Waals surface area contributed by atoms with E-state index in [9.17, 15) is 9.90 Å². The molecule has 2 rings (SSSR count). The summed E-state index contributed by atoms with van der Waals surface area (Å²) in [5.41, 5.74) is 1.71. The van der Waals surface area contributed by atoms with Crippen molar-refractivity contribution < 1.29 is 19.5 Å². The number of carbonyl (C=O) groups is 1. The Labute approximate surface area is 141 Å². The molecule has 0 heterocycles. The highest BCUT2D eigenvalue weighted by Gasteiger charge is 2.13. The number of nitrogens with zero attached hydrogens (tertiary/aromatic N) is 1. The van der Waals surface area contributed by atoms with Crippen LogP contribution in [0.1, 0.15) is 25.0 Å². The molecule has 0 saturated heterocycles. The Morgan fingerprint density at radius 2 is 1.79 bits per heavy atom. The molecule has 1 unspecified atom stereocenters. The summed E-state index contributed by atoms with van der Waals surface area (Å²) < 4.78 is 5.54. The highest BCUT2D eigenvalue weighted by Crippen LogP contribution is 2.15. The SMILES string of the molecule is CC(C)O/N=C/c1ccc(OC(Cc2ccccc2)C(=O)[O-])cc1. The van der Waals surface area contributed by atoms with Crippen LogP contribution in [0.4, 0.5) is 0 Å². The molecule has 0 aliphatic rings. The molecular formula is C19H20NO4-. The third-order valence-corrected chi connectivity index (χ3v) is 3.16. The maximum Gasteiger partial charge on any atom is 0.142 e. The lowest BCUT2D eigenvalue weighted by Crippen LogP contribution is -2.41. The van der Waals surface area contributed by atoms with Crippen LogP contribution >= 0.6 is 0 Å². The molecule has 0 amide bonds. The van der Waals surface area contributed by atoms with E-state index < -0.39 is 12.1 Å². The van der Waals surface area contributed by atoms with Crippen LogP contribution in [0.3, 0.4) is 0 Å². The Balaban J connectivity index is 1.99. The quantitative estimate of drug-likeness (QED) is 0.551. The Morgan fingerprint density at radius 3 is 2.38 bits per heavy atom. The molecule has 0 bridgehead atoms. The minimum absolute atomic E-state index is 0.0191. The van der Waals surface area contributed by atoms with Gasteiger partial charge >= 0.3 is 0 Å². The van der Waals surface area contributed by atoms with Crippen molar-refractivity contribution in [3.05, 3.63) is 65.7 Å². The zero-order valence-electron chi connectivity index (χ0n) is 13.7. The van der Waals surface area contributed by atoms with Crippen LogP contribution in [0.25, 0.3) is 0 Å². The average Bonchev–Trinajstić information content (AvgIpc) is 2.56. The molecule has 126 valence electrons. The molecule has 5 heteroatoms. The first-order valence-corrected chi connectivity index (χ1v) is 7.75. The van der Waals surface area contributed by atoms with Gasteiger partial charge < -0.3 is 19.5 Å². The van der Waals surface area contributed by atoms with Crippen LogP contribution < -0.4 is 9.84 Å². The van der Waals surface area contributed by atoms with Crippen LogP contribution in [0, 0.1) is 0 Å². The molecule has 1 atom stereocenters. The minimum atomic E-state index is -1.24. The van der Waals surface area contributed by atoms with E-state index in [1.54, 1.807) is 30.5 Å². The minimum Gasteiger partial charge on any atom is -0.546 e. The van der Waals surface area contributed by atoms with E-state index in [1.165, 1.54) is 0 Å². The van der Waals surface area contributed by atoms with Crippen molar-refractivity contribution in [2.75, 3.05) is 0 Å². The van der Waals surface area contributed by atoms with E-state index in [1.807, 2.05) is 44.2 Å². The van der Waals surface area contributed by atoms with Crippen molar-refractivity contribution >= 4 is 12.2 Å². The van der Waals surface area contributed by atoms with E-state index in [0.29, 0.717) is 5.75 Å². The molecule has 0 aromatic heterocycles. The van der Waals surface area contributed by atoms with Crippen molar-refractivity contribution in [1.82, 2.24) is 0 Å². The summed E-state index contributed by atoms with van der Waals surface area (Å²) in [7, 11) is 0. The highest BCUT2D eigenvalue weighted by atomic mass is 16.6. The summed E-state index contributed by atoms with van der Waals surface area (Å²) in [5, 5.41) is 15.2. The molecular weight excluding hydrogens is 306 g/mol. The summed E-state index contributed by atoms with van der Waals surface area (Å²) in [6.45, 7) is 3.78. The number of carbonyl (C=O) groups excluding carboxylic acids is 1. The molecule has 0 N–H and O–H groups in total. The standard InChI is InChI=1S/C19H21NO4/c1-14(2)24-20-13-16-8-10-17(11-9-16)23-18(19(21)22)12-15-6-4-3-5-7-15/h3-11,13-14,18H,12H2,1-2H3,(H,21,22)/p-1/b20-13+. The molecule has 2 aromatic carbocycles. The molecule has 2 aromatic rings. The summed E-state index contributed by atoms with van der Waals surface area (Å²) in [6, 6.07) is 16.2. The van der Waals surface area contributed by atoms with Gasteiger partial charge in [-0.25, -0.2) is 0 Å². The van der Waals surface area contributed by atoms with Crippen LogP contribution in [0.5, 0.6) is 5.75 Å². The zero-order chi connectivity index (χ0) is 17.4. The van der Waals surface area contributed by atoms with Gasteiger partial charge in [0.1, 0.15) is 18.0 Å². The van der Waals surface area contributed by atoms with Gasteiger partial charge in [0.05, 0.1) is 12.2 Å². The predicted octanol–water partition coefficient (Wildman–Crippen LogP) is 2.19. The summed E-state index contributed by atoms with van der Waals surface area (Å²) in [4.78, 5) is 16.4. The predicted molar refractivity (Wildman–Crippen MR) is 89.8 cm³/mol. The largest absolute Gasteiger partial charge is 0.546 e. The second kappa shape index (κ2) is 8.72. The highest BCUT2D eigenvalue weighted by molar-refractivity contribution is 5.79. The number of hydrogen-bond donors (Lipinski definition) is 0. The van der Waals surface area contributed by atoms with Gasteiger partial charge in [0.25, 0.3) is 0 Å². The van der Waals surface area contributed by atoms with Crippen LogP contribution in [0.15, 0.2) is 59.8 Å². The van der Waals surface area contributed by atoms with E-state index >= 15 is 0 Å². The number of hydrogen-bond acceptors (Lipinski definition) is 5. The normalized spacial score (nSPS) is 12.3. The third kappa shape index (κ3) is 5.76. The zero-order valence-corrected chi connectivity index (χ0v) is 13.7. The molecule has 0 saturated carbocycles. The lowest BCUT2D eigenvalue weighted by molar-refractivity contribution is -0.313. The third-order valence-electron chi connectivity index (χ3n) is 3.16. The van der Waals surface area contributed by atoms with Crippen LogP contribution in [-0.4, -0.2) is 24.4 Å². The molecule has 0 fully saturated rings. The van der Waals surface area contributed by atoms with Crippen molar-refractivity contribution in [1.29, 1.82) is 0 Å². The first-order chi connectivity index (χ1) is 11.5. The van der Waals surface area contributed by atoms with Gasteiger partial charge in [-0.15, -0.1) is 0 Å². The lowest BCUT2D eigenvalue weighted by atomic mass is 10.1. The lowest BCUT2D eigenvalue weighted by Gasteiger charge is -2.20. The topological polar surface area (TPSA) is 71.0 Å². The Morgan fingerprint density at radius 1 is 1.12 bits per heavy atom. The average molecular weight is 326 g/mol. The smallest absolute Gasteiger partial charge is 0.142 e. The van der Waals surface area contributed by atoms with E-state index in [-0.39, 0.29) is 12.5 Å². The fraction of sp³-hybridized carbons (Fsp3) is 0.263. The van der Waals surface area contributed by atoms with Gasteiger partial charge in [0.15, 0.2) is 0 Å². The monoisotopic (exact) mass is 326 g/mol. The van der Waals surface area contributed by atoms with Crippen molar-refractivity contribution in [3.63, 3.8) is 0 Å². The number of carboxylic acid groups (broad SMARTS) is 1. The van der Waals surface area contributed by atoms with Gasteiger partial charge in [0.2, 0.25) is 0 Å². The van der Waals surface area contributed by atoms with Gasteiger partial charge in [-0.05, 0) is 49.2 Å². The molecule has 5 nitrogen and oxygen atoms in total. The Bertz CT molecular complexity index is 666. The van der Waals surface area contributed by atoms with Crippen molar-refractivity contribution in [2.24, 2.45) is 5.16 Å². The fourth-order valence-electron chi connectivity index (χ4n) is 2.01. The maximum absolute atomic E-state index is 11.3. The first-order valence-electron chi connectivity index (χ1n) is 7.75.